The van der Waals surface area contributed by atoms with Crippen molar-refractivity contribution >= 4 is 40.7 Å². The lowest BCUT2D eigenvalue weighted by molar-refractivity contribution is -0.123. The van der Waals surface area contributed by atoms with Crippen LogP contribution in [0.25, 0.3) is 0 Å². The van der Waals surface area contributed by atoms with Crippen LogP contribution in [0.4, 0.5) is 11.4 Å². The van der Waals surface area contributed by atoms with E-state index in [-0.39, 0.29) is 35.8 Å². The predicted molar refractivity (Wildman–Crippen MR) is 118 cm³/mol. The number of piperidine rings is 1. The van der Waals surface area contributed by atoms with E-state index in [4.69, 9.17) is 11.6 Å². The number of carbonyl (C=O) groups is 3. The SMILES string of the molecule is Cc1c(Cl)cccc1N1C(=O)CC(N2CCC(C(=O)Nc3ccccc3O)CC2)C1=O. The van der Waals surface area contributed by atoms with Crippen molar-refractivity contribution in [2.75, 3.05) is 23.3 Å². The number of aromatic hydroxyl groups is 1. The molecule has 2 fully saturated rings. The molecule has 2 heterocycles. The number of likely N-dealkylation sites (tertiary alicyclic amines) is 1. The number of nitrogens with one attached hydrogen (secondary N) is 1. The number of nitrogens with zero attached hydrogens (tertiary/aromatic N) is 2. The first kappa shape index (κ1) is 21.3. The molecule has 0 bridgehead atoms. The largest absolute Gasteiger partial charge is 0.506 e. The van der Waals surface area contributed by atoms with Crippen molar-refractivity contribution in [3.63, 3.8) is 0 Å². The molecule has 0 spiro atoms. The molecule has 3 amide bonds. The third kappa shape index (κ3) is 4.16. The average molecular weight is 442 g/mol. The monoisotopic (exact) mass is 441 g/mol. The molecule has 8 heteroatoms. The van der Waals surface area contributed by atoms with E-state index < -0.39 is 6.04 Å². The first-order valence-electron chi connectivity index (χ1n) is 10.3. The van der Waals surface area contributed by atoms with Crippen LogP contribution in [0.15, 0.2) is 42.5 Å². The number of hydrogen-bond acceptors (Lipinski definition) is 5. The van der Waals surface area contributed by atoms with Crippen LogP contribution in [0, 0.1) is 12.8 Å². The van der Waals surface area contributed by atoms with Gasteiger partial charge in [0.25, 0.3) is 5.91 Å². The van der Waals surface area contributed by atoms with E-state index in [2.05, 4.69) is 5.32 Å². The van der Waals surface area contributed by atoms with Crippen molar-refractivity contribution < 1.29 is 19.5 Å². The normalized spacial score (nSPS) is 20.3. The molecule has 2 saturated heterocycles. The molecule has 2 aliphatic heterocycles. The van der Waals surface area contributed by atoms with Gasteiger partial charge in [-0.1, -0.05) is 29.8 Å². The van der Waals surface area contributed by atoms with E-state index in [0.717, 1.165) is 0 Å². The molecule has 162 valence electrons. The van der Waals surface area contributed by atoms with Crippen LogP contribution in [0.1, 0.15) is 24.8 Å². The number of rotatable bonds is 4. The van der Waals surface area contributed by atoms with Gasteiger partial charge in [0.05, 0.1) is 23.8 Å². The molecule has 2 aliphatic rings. The Bertz CT molecular complexity index is 1030. The topological polar surface area (TPSA) is 90.0 Å². The lowest BCUT2D eigenvalue weighted by Gasteiger charge is -2.34. The summed E-state index contributed by atoms with van der Waals surface area (Å²) < 4.78 is 0. The Labute approximate surface area is 185 Å². The van der Waals surface area contributed by atoms with Crippen LogP contribution in [0.5, 0.6) is 5.75 Å². The first-order chi connectivity index (χ1) is 14.9. The molecular weight excluding hydrogens is 418 g/mol. The maximum absolute atomic E-state index is 13.1. The second-order valence-corrected chi connectivity index (χ2v) is 8.40. The number of para-hydroxylation sites is 2. The Morgan fingerprint density at radius 3 is 2.52 bits per heavy atom. The smallest absolute Gasteiger partial charge is 0.251 e. The van der Waals surface area contributed by atoms with Crippen LogP contribution >= 0.6 is 11.6 Å². The minimum absolute atomic E-state index is 0.0275. The van der Waals surface area contributed by atoms with Gasteiger partial charge in [-0.2, -0.15) is 0 Å². The standard InChI is InChI=1S/C23H24ClN3O4/c1-14-16(24)5-4-7-18(14)27-21(29)13-19(23(27)31)26-11-9-15(10-12-26)22(30)25-17-6-2-3-8-20(17)28/h2-8,15,19,28H,9-13H2,1H3,(H,25,30). The van der Waals surface area contributed by atoms with Gasteiger partial charge in [0.15, 0.2) is 0 Å². The molecule has 0 aromatic heterocycles. The molecule has 0 saturated carbocycles. The highest BCUT2D eigenvalue weighted by molar-refractivity contribution is 6.32. The van der Waals surface area contributed by atoms with Gasteiger partial charge in [0.2, 0.25) is 11.8 Å². The Morgan fingerprint density at radius 1 is 1.10 bits per heavy atom. The number of amides is 3. The third-order valence-electron chi connectivity index (χ3n) is 6.11. The summed E-state index contributed by atoms with van der Waals surface area (Å²) in [6.45, 7) is 2.88. The summed E-state index contributed by atoms with van der Waals surface area (Å²) in [4.78, 5) is 41.6. The van der Waals surface area contributed by atoms with Crippen molar-refractivity contribution in [3.8, 4) is 5.75 Å². The number of phenolic OH excluding ortho intramolecular Hbond substituents is 1. The number of phenols is 1. The fourth-order valence-corrected chi connectivity index (χ4v) is 4.45. The zero-order chi connectivity index (χ0) is 22.1. The molecule has 2 aromatic rings. The molecule has 0 radical (unpaired) electrons. The fourth-order valence-electron chi connectivity index (χ4n) is 4.28. The van der Waals surface area contributed by atoms with Gasteiger partial charge in [-0.25, -0.2) is 4.90 Å². The number of hydrogen-bond donors (Lipinski definition) is 2. The van der Waals surface area contributed by atoms with Crippen molar-refractivity contribution in [1.82, 2.24) is 4.90 Å². The lowest BCUT2D eigenvalue weighted by Crippen LogP contribution is -2.47. The fraction of sp³-hybridized carbons (Fsp3) is 0.348. The minimum Gasteiger partial charge on any atom is -0.506 e. The lowest BCUT2D eigenvalue weighted by atomic mass is 9.94. The minimum atomic E-state index is -0.520. The highest BCUT2D eigenvalue weighted by Crippen LogP contribution is 2.33. The Kier molecular flexibility index (Phi) is 5.98. The molecule has 2 aromatic carbocycles. The summed E-state index contributed by atoms with van der Waals surface area (Å²) >= 11 is 6.17. The highest BCUT2D eigenvalue weighted by atomic mass is 35.5. The second-order valence-electron chi connectivity index (χ2n) is 7.99. The van der Waals surface area contributed by atoms with Gasteiger partial charge in [0.1, 0.15) is 5.75 Å². The molecule has 7 nitrogen and oxygen atoms in total. The van der Waals surface area contributed by atoms with Gasteiger partial charge >= 0.3 is 0 Å². The predicted octanol–water partition coefficient (Wildman–Crippen LogP) is 3.34. The quantitative estimate of drug-likeness (QED) is 0.561. The number of anilines is 2. The number of benzene rings is 2. The van der Waals surface area contributed by atoms with Gasteiger partial charge < -0.3 is 10.4 Å². The van der Waals surface area contributed by atoms with E-state index in [1.165, 1.54) is 11.0 Å². The summed E-state index contributed by atoms with van der Waals surface area (Å²) in [5.41, 5.74) is 1.62. The van der Waals surface area contributed by atoms with Gasteiger partial charge in [0, 0.05) is 10.9 Å². The molecule has 4 rings (SSSR count). The van der Waals surface area contributed by atoms with Crippen LogP contribution in [0.2, 0.25) is 5.02 Å². The molecule has 0 aliphatic carbocycles. The van der Waals surface area contributed by atoms with Crippen LogP contribution in [-0.2, 0) is 14.4 Å². The number of imide groups is 1. The van der Waals surface area contributed by atoms with Crippen LogP contribution in [-0.4, -0.2) is 46.9 Å². The van der Waals surface area contributed by atoms with Crippen molar-refractivity contribution in [2.45, 2.75) is 32.2 Å². The average Bonchev–Trinajstić information content (AvgIpc) is 3.06. The molecule has 1 atom stereocenters. The summed E-state index contributed by atoms with van der Waals surface area (Å²) in [7, 11) is 0. The highest BCUT2D eigenvalue weighted by Gasteiger charge is 2.44. The van der Waals surface area contributed by atoms with Crippen molar-refractivity contribution in [2.24, 2.45) is 5.92 Å². The summed E-state index contributed by atoms with van der Waals surface area (Å²) in [5, 5.41) is 13.1. The van der Waals surface area contributed by atoms with E-state index in [1.807, 2.05) is 4.90 Å². The van der Waals surface area contributed by atoms with Gasteiger partial charge in [-0.3, -0.25) is 19.3 Å². The van der Waals surface area contributed by atoms with E-state index in [1.54, 1.807) is 43.3 Å². The summed E-state index contributed by atoms with van der Waals surface area (Å²) in [6, 6.07) is 11.3. The third-order valence-corrected chi connectivity index (χ3v) is 6.52. The van der Waals surface area contributed by atoms with E-state index >= 15 is 0 Å². The second kappa shape index (κ2) is 8.69. The molecule has 2 N–H and O–H groups in total. The zero-order valence-electron chi connectivity index (χ0n) is 17.2. The molecular formula is C23H24ClN3O4. The Hall–Kier alpha value is -2.90. The maximum Gasteiger partial charge on any atom is 0.251 e. The Morgan fingerprint density at radius 2 is 1.81 bits per heavy atom. The van der Waals surface area contributed by atoms with Crippen molar-refractivity contribution in [1.29, 1.82) is 0 Å². The molecule has 31 heavy (non-hydrogen) atoms. The zero-order valence-corrected chi connectivity index (χ0v) is 17.9. The van der Waals surface area contributed by atoms with E-state index in [9.17, 15) is 19.5 Å². The first-order valence-corrected chi connectivity index (χ1v) is 10.7. The summed E-state index contributed by atoms with van der Waals surface area (Å²) in [6.07, 6.45) is 1.28. The van der Waals surface area contributed by atoms with Gasteiger partial charge in [-0.05, 0) is 62.7 Å². The number of halogens is 1. The van der Waals surface area contributed by atoms with Gasteiger partial charge in [-0.15, -0.1) is 0 Å². The van der Waals surface area contributed by atoms with Crippen LogP contribution in [0.3, 0.4) is 0 Å². The Balaban J connectivity index is 1.39. The summed E-state index contributed by atoms with van der Waals surface area (Å²) in [5.74, 6) is -0.812. The maximum atomic E-state index is 13.1. The van der Waals surface area contributed by atoms with Crippen molar-refractivity contribution in [3.05, 3.63) is 53.1 Å². The number of carbonyl (C=O) groups excluding carboxylic acids is 3. The van der Waals surface area contributed by atoms with Crippen LogP contribution < -0.4 is 10.2 Å². The molecule has 1 unspecified atom stereocenters. The van der Waals surface area contributed by atoms with E-state index in [0.29, 0.717) is 47.9 Å².